The predicted octanol–water partition coefficient (Wildman–Crippen LogP) is 0.104. The summed E-state index contributed by atoms with van der Waals surface area (Å²) in [5.74, 6) is 0. The summed E-state index contributed by atoms with van der Waals surface area (Å²) < 4.78 is 28.6. The first kappa shape index (κ1) is 16.2. The minimum absolute atomic E-state index is 0.0810. The van der Waals surface area contributed by atoms with Crippen LogP contribution in [0.25, 0.3) is 0 Å². The predicted molar refractivity (Wildman–Crippen MR) is 78.6 cm³/mol. The Kier molecular flexibility index (Phi) is 5.42. The van der Waals surface area contributed by atoms with Crippen molar-refractivity contribution >= 4 is 10.2 Å². The van der Waals surface area contributed by atoms with Crippen molar-refractivity contribution < 1.29 is 13.5 Å². The summed E-state index contributed by atoms with van der Waals surface area (Å²) in [5, 5.41) is 9.42. The zero-order chi connectivity index (χ0) is 14.8. The molecule has 2 fully saturated rings. The number of rotatable bonds is 4. The van der Waals surface area contributed by atoms with Crippen molar-refractivity contribution in [2.24, 2.45) is 0 Å². The van der Waals surface area contributed by atoms with Gasteiger partial charge < -0.3 is 10.0 Å². The van der Waals surface area contributed by atoms with Gasteiger partial charge in [0.1, 0.15) is 0 Å². The number of nitrogens with zero attached hydrogens (tertiary/aromatic N) is 3. The van der Waals surface area contributed by atoms with E-state index in [0.29, 0.717) is 6.54 Å². The van der Waals surface area contributed by atoms with Crippen LogP contribution in [0.15, 0.2) is 0 Å². The summed E-state index contributed by atoms with van der Waals surface area (Å²) in [6.07, 6.45) is 4.40. The summed E-state index contributed by atoms with van der Waals surface area (Å²) in [7, 11) is 0.303. The molecule has 1 N–H and O–H groups in total. The van der Waals surface area contributed by atoms with E-state index >= 15 is 0 Å². The van der Waals surface area contributed by atoms with Gasteiger partial charge in [-0.3, -0.25) is 0 Å². The van der Waals surface area contributed by atoms with E-state index in [0.717, 1.165) is 45.2 Å². The molecule has 2 rings (SSSR count). The zero-order valence-corrected chi connectivity index (χ0v) is 13.3. The first-order chi connectivity index (χ1) is 9.46. The summed E-state index contributed by atoms with van der Waals surface area (Å²) in [4.78, 5) is 2.23. The molecule has 0 radical (unpaired) electrons. The molecule has 0 aromatic carbocycles. The van der Waals surface area contributed by atoms with Gasteiger partial charge in [0.25, 0.3) is 10.2 Å². The number of hydrogen-bond acceptors (Lipinski definition) is 4. The quantitative estimate of drug-likeness (QED) is 0.800. The van der Waals surface area contributed by atoms with Gasteiger partial charge in [0.15, 0.2) is 0 Å². The van der Waals surface area contributed by atoms with Crippen LogP contribution in [0.5, 0.6) is 0 Å². The Morgan fingerprint density at radius 3 is 2.40 bits per heavy atom. The molecule has 0 aromatic rings. The van der Waals surface area contributed by atoms with Crippen LogP contribution in [0.1, 0.15) is 32.1 Å². The van der Waals surface area contributed by atoms with Crippen LogP contribution in [0.3, 0.4) is 0 Å². The van der Waals surface area contributed by atoms with Crippen molar-refractivity contribution in [3.8, 4) is 0 Å². The molecule has 0 aliphatic carbocycles. The van der Waals surface area contributed by atoms with Crippen LogP contribution in [0.2, 0.25) is 0 Å². The smallest absolute Gasteiger partial charge is 0.282 e. The summed E-state index contributed by atoms with van der Waals surface area (Å²) in [5.41, 5.74) is 0. The molecular weight excluding hydrogens is 278 g/mol. The second-order valence-corrected chi connectivity index (χ2v) is 7.94. The average Bonchev–Trinajstić information content (AvgIpc) is 2.47. The summed E-state index contributed by atoms with van der Waals surface area (Å²) in [6, 6.07) is -0.167. The molecule has 1 unspecified atom stereocenters. The molecule has 0 bridgehead atoms. The van der Waals surface area contributed by atoms with E-state index in [4.69, 9.17) is 0 Å². The maximum absolute atomic E-state index is 12.8. The Bertz CT molecular complexity index is 407. The highest BCUT2D eigenvalue weighted by Crippen LogP contribution is 2.25. The Morgan fingerprint density at radius 2 is 1.80 bits per heavy atom. The Balaban J connectivity index is 2.08. The number of aliphatic hydroxyl groups excluding tert-OH is 1. The second-order valence-electron chi connectivity index (χ2n) is 6.00. The van der Waals surface area contributed by atoms with Gasteiger partial charge in [-0.05, 0) is 45.8 Å². The number of aliphatic hydroxyl groups is 1. The molecule has 7 heteroatoms. The van der Waals surface area contributed by atoms with Gasteiger partial charge in [-0.15, -0.1) is 0 Å². The van der Waals surface area contributed by atoms with Gasteiger partial charge in [0.2, 0.25) is 0 Å². The summed E-state index contributed by atoms with van der Waals surface area (Å²) in [6.45, 7) is 2.33. The van der Waals surface area contributed by atoms with Crippen LogP contribution in [-0.4, -0.2) is 79.5 Å². The molecule has 6 nitrogen and oxygen atoms in total. The van der Waals surface area contributed by atoms with Crippen molar-refractivity contribution in [1.82, 2.24) is 13.5 Å². The van der Waals surface area contributed by atoms with Crippen LogP contribution < -0.4 is 0 Å². The van der Waals surface area contributed by atoms with Gasteiger partial charge in [-0.25, -0.2) is 0 Å². The lowest BCUT2D eigenvalue weighted by atomic mass is 10.1. The molecule has 2 aliphatic heterocycles. The van der Waals surface area contributed by atoms with E-state index < -0.39 is 10.2 Å². The minimum atomic E-state index is -3.45. The molecule has 0 amide bonds. The largest absolute Gasteiger partial charge is 0.395 e. The Morgan fingerprint density at radius 1 is 1.15 bits per heavy atom. The molecule has 2 saturated heterocycles. The maximum atomic E-state index is 12.8. The van der Waals surface area contributed by atoms with E-state index in [1.807, 2.05) is 0 Å². The van der Waals surface area contributed by atoms with E-state index in [1.165, 1.54) is 8.61 Å². The van der Waals surface area contributed by atoms with Gasteiger partial charge in [-0.2, -0.15) is 17.0 Å². The molecular formula is C13H27N3O3S. The average molecular weight is 305 g/mol. The zero-order valence-electron chi connectivity index (χ0n) is 12.5. The lowest BCUT2D eigenvalue weighted by Gasteiger charge is -2.40. The topological polar surface area (TPSA) is 64.1 Å². The lowest BCUT2D eigenvalue weighted by molar-refractivity contribution is 0.139. The highest BCUT2D eigenvalue weighted by Gasteiger charge is 2.38. The molecule has 118 valence electrons. The normalized spacial score (nSPS) is 28.1. The standard InChI is InChI=1S/C13H27N3O3S/c1-14-9-6-12(7-10-14)15(2)20(18,19)16-8-4-3-5-13(16)11-17/h12-13,17H,3-11H2,1-2H3. The third-order valence-corrected chi connectivity index (χ3v) is 6.75. The van der Waals surface area contributed by atoms with Crippen LogP contribution in [-0.2, 0) is 10.2 Å². The molecule has 0 saturated carbocycles. The third kappa shape index (κ3) is 3.33. The van der Waals surface area contributed by atoms with E-state index in [-0.39, 0.29) is 18.7 Å². The van der Waals surface area contributed by atoms with Crippen LogP contribution in [0.4, 0.5) is 0 Å². The Labute approximate surface area is 122 Å². The molecule has 1 atom stereocenters. The van der Waals surface area contributed by atoms with Gasteiger partial charge in [0, 0.05) is 25.7 Å². The minimum Gasteiger partial charge on any atom is -0.395 e. The van der Waals surface area contributed by atoms with E-state index in [2.05, 4.69) is 11.9 Å². The first-order valence-electron chi connectivity index (χ1n) is 7.51. The highest BCUT2D eigenvalue weighted by molar-refractivity contribution is 7.86. The van der Waals surface area contributed by atoms with E-state index in [9.17, 15) is 13.5 Å². The fraction of sp³-hybridized carbons (Fsp3) is 1.00. The number of likely N-dealkylation sites (tertiary alicyclic amines) is 1. The molecule has 0 spiro atoms. The highest BCUT2D eigenvalue weighted by atomic mass is 32.2. The molecule has 20 heavy (non-hydrogen) atoms. The number of hydrogen-bond donors (Lipinski definition) is 1. The van der Waals surface area contributed by atoms with E-state index in [1.54, 1.807) is 7.05 Å². The van der Waals surface area contributed by atoms with Gasteiger partial charge >= 0.3 is 0 Å². The fourth-order valence-electron chi connectivity index (χ4n) is 3.17. The van der Waals surface area contributed by atoms with Gasteiger partial charge in [0.05, 0.1) is 6.61 Å². The maximum Gasteiger partial charge on any atom is 0.282 e. The fourth-order valence-corrected chi connectivity index (χ4v) is 5.00. The first-order valence-corrected chi connectivity index (χ1v) is 8.90. The number of piperidine rings is 2. The van der Waals surface area contributed by atoms with Crippen LogP contribution in [0, 0.1) is 0 Å². The SMILES string of the molecule is CN1CCC(N(C)S(=O)(=O)N2CCCCC2CO)CC1. The molecule has 0 aromatic heterocycles. The van der Waals surface area contributed by atoms with Crippen molar-refractivity contribution in [3.05, 3.63) is 0 Å². The second kappa shape index (κ2) is 6.70. The van der Waals surface area contributed by atoms with Crippen molar-refractivity contribution in [3.63, 3.8) is 0 Å². The van der Waals surface area contributed by atoms with Crippen molar-refractivity contribution in [2.45, 2.75) is 44.2 Å². The third-order valence-electron chi connectivity index (χ3n) is 4.65. The monoisotopic (exact) mass is 305 g/mol. The lowest BCUT2D eigenvalue weighted by Crippen LogP contribution is -2.54. The van der Waals surface area contributed by atoms with Crippen molar-refractivity contribution in [2.75, 3.05) is 40.3 Å². The van der Waals surface area contributed by atoms with Crippen LogP contribution >= 0.6 is 0 Å². The molecule has 2 heterocycles. The van der Waals surface area contributed by atoms with Gasteiger partial charge in [-0.1, -0.05) is 6.42 Å². The Hall–Kier alpha value is -0.210. The summed E-state index contributed by atoms with van der Waals surface area (Å²) >= 11 is 0. The van der Waals surface area contributed by atoms with Crippen molar-refractivity contribution in [1.29, 1.82) is 0 Å². The molecule has 2 aliphatic rings.